The number of nitrogens with one attached hydrogen (secondary N) is 1. The first-order valence-corrected chi connectivity index (χ1v) is 8.38. The summed E-state index contributed by atoms with van der Waals surface area (Å²) < 4.78 is 5.37. The van der Waals surface area contributed by atoms with Gasteiger partial charge in [0.1, 0.15) is 5.70 Å². The van der Waals surface area contributed by atoms with Crippen molar-refractivity contribution in [1.82, 2.24) is 5.32 Å². The summed E-state index contributed by atoms with van der Waals surface area (Å²) in [6, 6.07) is 16.0. The zero-order valence-corrected chi connectivity index (χ0v) is 14.2. The molecule has 0 aromatic heterocycles. The fourth-order valence-electron chi connectivity index (χ4n) is 2.79. The average Bonchev–Trinajstić information content (AvgIpc) is 2.69. The van der Waals surface area contributed by atoms with Crippen molar-refractivity contribution < 1.29 is 19.4 Å². The number of hydrogen-bond donors (Lipinski definition) is 2. The van der Waals surface area contributed by atoms with E-state index >= 15 is 0 Å². The average molecular weight is 352 g/mol. The Labute approximate surface area is 151 Å². The van der Waals surface area contributed by atoms with Gasteiger partial charge < -0.3 is 20.1 Å². The number of benzene rings is 2. The van der Waals surface area contributed by atoms with Gasteiger partial charge in [-0.3, -0.25) is 4.79 Å². The molecule has 2 N–H and O–H groups in total. The number of ether oxygens (including phenoxy) is 1. The Morgan fingerprint density at radius 2 is 1.65 bits per heavy atom. The molecule has 1 amide bonds. The molecule has 0 saturated carbocycles. The van der Waals surface area contributed by atoms with Gasteiger partial charge in [0.25, 0.3) is 5.91 Å². The molecule has 1 saturated heterocycles. The quantitative estimate of drug-likeness (QED) is 0.808. The molecule has 3 rings (SSSR count). The van der Waals surface area contributed by atoms with Crippen molar-refractivity contribution in [1.29, 1.82) is 0 Å². The first-order valence-electron chi connectivity index (χ1n) is 8.38. The van der Waals surface area contributed by atoms with Crippen LogP contribution < -0.4 is 10.2 Å². The van der Waals surface area contributed by atoms with Crippen LogP contribution in [-0.2, 0) is 9.53 Å². The number of carboxylic acids is 1. The highest BCUT2D eigenvalue weighted by molar-refractivity contribution is 6.03. The predicted octanol–water partition coefficient (Wildman–Crippen LogP) is 2.38. The molecule has 0 bridgehead atoms. The van der Waals surface area contributed by atoms with Crippen molar-refractivity contribution in [2.24, 2.45) is 0 Å². The van der Waals surface area contributed by atoms with Gasteiger partial charge in [-0.15, -0.1) is 0 Å². The second kappa shape index (κ2) is 8.31. The number of anilines is 1. The van der Waals surface area contributed by atoms with E-state index < -0.39 is 11.9 Å². The van der Waals surface area contributed by atoms with Crippen molar-refractivity contribution >= 4 is 23.6 Å². The Hall–Kier alpha value is -3.12. The topological polar surface area (TPSA) is 78.9 Å². The van der Waals surface area contributed by atoms with Crippen LogP contribution in [0.15, 0.2) is 60.3 Å². The van der Waals surface area contributed by atoms with Crippen LogP contribution in [0.4, 0.5) is 5.69 Å². The molecule has 2 aromatic carbocycles. The summed E-state index contributed by atoms with van der Waals surface area (Å²) >= 11 is 0. The van der Waals surface area contributed by atoms with Gasteiger partial charge in [0, 0.05) is 29.9 Å². The summed E-state index contributed by atoms with van der Waals surface area (Å²) in [4.78, 5) is 26.1. The molecule has 0 radical (unpaired) electrons. The highest BCUT2D eigenvalue weighted by Crippen LogP contribution is 2.23. The van der Waals surface area contributed by atoms with E-state index in [9.17, 15) is 14.7 Å². The molecule has 6 heteroatoms. The van der Waals surface area contributed by atoms with Crippen LogP contribution in [0, 0.1) is 0 Å². The molecule has 0 aliphatic carbocycles. The van der Waals surface area contributed by atoms with Crippen LogP contribution in [0.1, 0.15) is 15.9 Å². The van der Waals surface area contributed by atoms with Crippen LogP contribution >= 0.6 is 0 Å². The third-order valence-corrected chi connectivity index (χ3v) is 4.10. The van der Waals surface area contributed by atoms with Gasteiger partial charge in [-0.05, 0) is 24.3 Å². The van der Waals surface area contributed by atoms with E-state index in [1.807, 2.05) is 24.3 Å². The molecule has 1 fully saturated rings. The summed E-state index contributed by atoms with van der Waals surface area (Å²) in [5.41, 5.74) is 1.89. The maximum absolute atomic E-state index is 12.3. The Balaban J connectivity index is 1.87. The summed E-state index contributed by atoms with van der Waals surface area (Å²) in [5.74, 6) is -1.64. The number of hydrogen-bond acceptors (Lipinski definition) is 4. The van der Waals surface area contributed by atoms with Crippen LogP contribution in [0.3, 0.4) is 0 Å². The first-order chi connectivity index (χ1) is 12.6. The fraction of sp³-hybridized carbons (Fsp3) is 0.200. The van der Waals surface area contributed by atoms with E-state index in [2.05, 4.69) is 10.2 Å². The van der Waals surface area contributed by atoms with Gasteiger partial charge in [-0.2, -0.15) is 0 Å². The third kappa shape index (κ3) is 4.29. The van der Waals surface area contributed by atoms with E-state index in [0.717, 1.165) is 24.3 Å². The molecule has 26 heavy (non-hydrogen) atoms. The monoisotopic (exact) mass is 352 g/mol. The van der Waals surface area contributed by atoms with Gasteiger partial charge in [0.15, 0.2) is 0 Å². The van der Waals surface area contributed by atoms with Crippen molar-refractivity contribution in [3.8, 4) is 0 Å². The van der Waals surface area contributed by atoms with E-state index in [1.54, 1.807) is 30.3 Å². The Morgan fingerprint density at radius 1 is 1.00 bits per heavy atom. The normalized spacial score (nSPS) is 14.8. The number of amides is 1. The predicted molar refractivity (Wildman–Crippen MR) is 99.0 cm³/mol. The van der Waals surface area contributed by atoms with Crippen LogP contribution in [-0.4, -0.2) is 43.3 Å². The molecule has 1 aliphatic heterocycles. The lowest BCUT2D eigenvalue weighted by Crippen LogP contribution is -2.36. The number of para-hydroxylation sites is 1. The van der Waals surface area contributed by atoms with Crippen LogP contribution in [0.25, 0.3) is 6.08 Å². The molecule has 2 aromatic rings. The second-order valence-electron chi connectivity index (χ2n) is 5.84. The van der Waals surface area contributed by atoms with Crippen molar-refractivity contribution in [3.63, 3.8) is 0 Å². The number of carboxylic acid groups (broad SMARTS) is 1. The highest BCUT2D eigenvalue weighted by Gasteiger charge is 2.17. The van der Waals surface area contributed by atoms with Gasteiger partial charge in [-0.25, -0.2) is 4.79 Å². The molecule has 134 valence electrons. The number of aliphatic carboxylic acids is 1. The third-order valence-electron chi connectivity index (χ3n) is 4.10. The summed E-state index contributed by atoms with van der Waals surface area (Å²) in [6.45, 7) is 2.75. The molecule has 0 atom stereocenters. The Kier molecular flexibility index (Phi) is 5.66. The standard InChI is InChI=1S/C20H20N2O4/c23-19(15-6-2-1-3-7-15)21-17(20(24)25)14-16-8-4-5-9-18(16)22-10-12-26-13-11-22/h1-9,14H,10-13H2,(H,21,23)(H,24,25)/b17-14-. The minimum absolute atomic E-state index is 0.167. The lowest BCUT2D eigenvalue weighted by molar-refractivity contribution is -0.132. The minimum Gasteiger partial charge on any atom is -0.477 e. The minimum atomic E-state index is -1.19. The van der Waals surface area contributed by atoms with Crippen LogP contribution in [0.5, 0.6) is 0 Å². The first kappa shape index (κ1) is 17.7. The van der Waals surface area contributed by atoms with Gasteiger partial charge in [-0.1, -0.05) is 36.4 Å². The molecule has 1 aliphatic rings. The fourth-order valence-corrected chi connectivity index (χ4v) is 2.79. The van der Waals surface area contributed by atoms with Crippen LogP contribution in [0.2, 0.25) is 0 Å². The van der Waals surface area contributed by atoms with Gasteiger partial charge in [0.05, 0.1) is 13.2 Å². The number of morpholine rings is 1. The lowest BCUT2D eigenvalue weighted by Gasteiger charge is -2.30. The van der Waals surface area contributed by atoms with Crippen molar-refractivity contribution in [3.05, 3.63) is 71.4 Å². The second-order valence-corrected chi connectivity index (χ2v) is 5.84. The number of carbonyl (C=O) groups is 2. The van der Waals surface area contributed by atoms with E-state index in [0.29, 0.717) is 18.8 Å². The summed E-state index contributed by atoms with van der Waals surface area (Å²) in [6.07, 6.45) is 1.49. The van der Waals surface area contributed by atoms with E-state index in [4.69, 9.17) is 4.74 Å². The zero-order chi connectivity index (χ0) is 18.4. The van der Waals surface area contributed by atoms with Gasteiger partial charge >= 0.3 is 5.97 Å². The maximum Gasteiger partial charge on any atom is 0.352 e. The maximum atomic E-state index is 12.3. The molecular weight excluding hydrogens is 332 g/mol. The molecule has 0 spiro atoms. The number of nitrogens with zero attached hydrogens (tertiary/aromatic N) is 1. The summed E-state index contributed by atoms with van der Waals surface area (Å²) in [5, 5.41) is 12.0. The molecule has 6 nitrogen and oxygen atoms in total. The Bertz CT molecular complexity index is 812. The van der Waals surface area contributed by atoms with Crippen molar-refractivity contribution in [2.45, 2.75) is 0 Å². The molecular formula is C20H20N2O4. The summed E-state index contributed by atoms with van der Waals surface area (Å²) in [7, 11) is 0. The largest absolute Gasteiger partial charge is 0.477 e. The highest BCUT2D eigenvalue weighted by atomic mass is 16.5. The Morgan fingerprint density at radius 3 is 2.35 bits per heavy atom. The SMILES string of the molecule is O=C(O)/C(=C/c1ccccc1N1CCOCC1)NC(=O)c1ccccc1. The van der Waals surface area contributed by atoms with E-state index in [-0.39, 0.29) is 5.70 Å². The smallest absolute Gasteiger partial charge is 0.352 e. The molecule has 1 heterocycles. The zero-order valence-electron chi connectivity index (χ0n) is 14.2. The molecule has 0 unspecified atom stereocenters. The lowest BCUT2D eigenvalue weighted by atomic mass is 10.1. The van der Waals surface area contributed by atoms with E-state index in [1.165, 1.54) is 6.08 Å². The number of rotatable bonds is 5. The van der Waals surface area contributed by atoms with Gasteiger partial charge in [0.2, 0.25) is 0 Å². The number of carbonyl (C=O) groups excluding carboxylic acids is 1. The van der Waals surface area contributed by atoms with Crippen molar-refractivity contribution in [2.75, 3.05) is 31.2 Å².